The Labute approximate surface area is 160 Å². The van der Waals surface area contributed by atoms with E-state index in [-0.39, 0.29) is 5.57 Å². The van der Waals surface area contributed by atoms with Gasteiger partial charge in [-0.05, 0) is 48.9 Å². The van der Waals surface area contributed by atoms with E-state index in [0.29, 0.717) is 11.7 Å². The summed E-state index contributed by atoms with van der Waals surface area (Å²) in [5, 5.41) is 12.5. The Morgan fingerprint density at radius 3 is 2.67 bits per heavy atom. The molecule has 1 amide bonds. The SMILES string of the molecule is CCOc1ccc(/C=C(\C#N)C(=O)Nc2nc3ccc(OC)cc3s2)cc1. The van der Waals surface area contributed by atoms with Crippen LogP contribution in [-0.2, 0) is 4.79 Å². The standard InChI is InChI=1S/C20H17N3O3S/c1-3-26-15-6-4-13(5-7-15)10-14(12-21)19(24)23-20-22-17-9-8-16(25-2)11-18(17)27-20/h4-11H,3H2,1-2H3,(H,22,23,24)/b14-10+. The molecular weight excluding hydrogens is 362 g/mol. The van der Waals surface area contributed by atoms with Crippen LogP contribution in [0.2, 0.25) is 0 Å². The number of aromatic nitrogens is 1. The molecule has 0 unspecified atom stereocenters. The number of hydrogen-bond donors (Lipinski definition) is 1. The summed E-state index contributed by atoms with van der Waals surface area (Å²) in [5.41, 5.74) is 1.49. The number of nitriles is 1. The maximum atomic E-state index is 12.4. The number of thiazole rings is 1. The van der Waals surface area contributed by atoms with Crippen molar-refractivity contribution in [1.29, 1.82) is 5.26 Å². The minimum atomic E-state index is -0.502. The molecule has 6 nitrogen and oxygen atoms in total. The third-order valence-electron chi connectivity index (χ3n) is 3.68. The van der Waals surface area contributed by atoms with Gasteiger partial charge in [0.05, 0.1) is 23.9 Å². The molecule has 0 fully saturated rings. The van der Waals surface area contributed by atoms with Crippen molar-refractivity contribution in [2.75, 3.05) is 19.0 Å². The van der Waals surface area contributed by atoms with Gasteiger partial charge in [-0.2, -0.15) is 5.26 Å². The number of benzene rings is 2. The highest BCUT2D eigenvalue weighted by atomic mass is 32.1. The molecule has 136 valence electrons. The van der Waals surface area contributed by atoms with E-state index < -0.39 is 5.91 Å². The smallest absolute Gasteiger partial charge is 0.268 e. The molecule has 7 heteroatoms. The Morgan fingerprint density at radius 2 is 2.00 bits per heavy atom. The number of methoxy groups -OCH3 is 1. The summed E-state index contributed by atoms with van der Waals surface area (Å²) in [6.07, 6.45) is 1.53. The molecular formula is C20H17N3O3S. The lowest BCUT2D eigenvalue weighted by atomic mass is 10.1. The first-order valence-electron chi connectivity index (χ1n) is 8.23. The van der Waals surface area contributed by atoms with Crippen LogP contribution in [0.4, 0.5) is 5.13 Å². The van der Waals surface area contributed by atoms with E-state index in [1.165, 1.54) is 17.4 Å². The fourth-order valence-corrected chi connectivity index (χ4v) is 3.28. The number of nitrogens with one attached hydrogen (secondary N) is 1. The van der Waals surface area contributed by atoms with Crippen molar-refractivity contribution in [2.45, 2.75) is 6.92 Å². The second kappa shape index (κ2) is 8.34. The van der Waals surface area contributed by atoms with Crippen LogP contribution in [0, 0.1) is 11.3 Å². The number of anilines is 1. The molecule has 0 bridgehead atoms. The monoisotopic (exact) mass is 379 g/mol. The Bertz CT molecular complexity index is 1030. The van der Waals surface area contributed by atoms with Gasteiger partial charge < -0.3 is 9.47 Å². The molecule has 0 atom stereocenters. The molecule has 1 heterocycles. The molecule has 27 heavy (non-hydrogen) atoms. The number of carbonyl (C=O) groups excluding carboxylic acids is 1. The predicted molar refractivity (Wildman–Crippen MR) is 106 cm³/mol. The maximum absolute atomic E-state index is 12.4. The van der Waals surface area contributed by atoms with Gasteiger partial charge in [-0.3, -0.25) is 10.1 Å². The second-order valence-electron chi connectivity index (χ2n) is 5.48. The summed E-state index contributed by atoms with van der Waals surface area (Å²) in [5.74, 6) is 0.956. The summed E-state index contributed by atoms with van der Waals surface area (Å²) in [6.45, 7) is 2.49. The van der Waals surface area contributed by atoms with Crippen LogP contribution in [0.15, 0.2) is 48.0 Å². The van der Waals surface area contributed by atoms with Gasteiger partial charge in [0.15, 0.2) is 5.13 Å². The number of carbonyl (C=O) groups is 1. The molecule has 0 aliphatic carbocycles. The fourth-order valence-electron chi connectivity index (χ4n) is 2.39. The minimum absolute atomic E-state index is 0.00371. The van der Waals surface area contributed by atoms with Crippen molar-refractivity contribution >= 4 is 38.7 Å². The van der Waals surface area contributed by atoms with E-state index in [1.54, 1.807) is 37.4 Å². The largest absolute Gasteiger partial charge is 0.497 e. The number of fused-ring (bicyclic) bond motifs is 1. The van der Waals surface area contributed by atoms with Crippen LogP contribution in [0.3, 0.4) is 0 Å². The topological polar surface area (TPSA) is 84.2 Å². The van der Waals surface area contributed by atoms with E-state index >= 15 is 0 Å². The Balaban J connectivity index is 1.77. The van der Waals surface area contributed by atoms with E-state index in [4.69, 9.17) is 9.47 Å². The van der Waals surface area contributed by atoms with E-state index in [2.05, 4.69) is 10.3 Å². The maximum Gasteiger partial charge on any atom is 0.268 e. The second-order valence-corrected chi connectivity index (χ2v) is 6.51. The highest BCUT2D eigenvalue weighted by Crippen LogP contribution is 2.29. The van der Waals surface area contributed by atoms with Gasteiger partial charge in [-0.25, -0.2) is 4.98 Å². The van der Waals surface area contributed by atoms with Crippen LogP contribution in [0.25, 0.3) is 16.3 Å². The van der Waals surface area contributed by atoms with Gasteiger partial charge in [0.1, 0.15) is 23.1 Å². The van der Waals surface area contributed by atoms with Gasteiger partial charge in [-0.1, -0.05) is 23.5 Å². The van der Waals surface area contributed by atoms with Crippen molar-refractivity contribution in [3.8, 4) is 17.6 Å². The number of rotatable bonds is 6. The molecule has 2 aromatic carbocycles. The van der Waals surface area contributed by atoms with E-state index in [0.717, 1.165) is 27.3 Å². The number of hydrogen-bond acceptors (Lipinski definition) is 6. The molecule has 0 saturated heterocycles. The van der Waals surface area contributed by atoms with Crippen LogP contribution in [0.1, 0.15) is 12.5 Å². The lowest BCUT2D eigenvalue weighted by Crippen LogP contribution is -2.13. The highest BCUT2D eigenvalue weighted by Gasteiger charge is 2.13. The highest BCUT2D eigenvalue weighted by molar-refractivity contribution is 7.22. The first-order chi connectivity index (χ1) is 13.1. The van der Waals surface area contributed by atoms with E-state index in [9.17, 15) is 10.1 Å². The fraction of sp³-hybridized carbons (Fsp3) is 0.150. The normalized spacial score (nSPS) is 11.1. The van der Waals surface area contributed by atoms with Crippen molar-refractivity contribution in [3.63, 3.8) is 0 Å². The van der Waals surface area contributed by atoms with Gasteiger partial charge in [0.2, 0.25) is 0 Å². The zero-order valence-electron chi connectivity index (χ0n) is 14.9. The zero-order chi connectivity index (χ0) is 19.2. The summed E-state index contributed by atoms with van der Waals surface area (Å²) < 4.78 is 11.5. The molecule has 3 rings (SSSR count). The average molecular weight is 379 g/mol. The first kappa shape index (κ1) is 18.4. The van der Waals surface area contributed by atoms with Crippen LogP contribution in [-0.4, -0.2) is 24.6 Å². The van der Waals surface area contributed by atoms with Crippen LogP contribution >= 0.6 is 11.3 Å². The lowest BCUT2D eigenvalue weighted by Gasteiger charge is -2.03. The summed E-state index contributed by atoms with van der Waals surface area (Å²) in [4.78, 5) is 16.8. The first-order valence-corrected chi connectivity index (χ1v) is 9.05. The zero-order valence-corrected chi connectivity index (χ0v) is 15.7. The number of ether oxygens (including phenoxy) is 2. The molecule has 3 aromatic rings. The summed E-state index contributed by atoms with van der Waals surface area (Å²) in [7, 11) is 1.59. The predicted octanol–water partition coefficient (Wildman–Crippen LogP) is 4.25. The molecule has 1 aromatic heterocycles. The molecule has 1 N–H and O–H groups in total. The molecule has 0 saturated carbocycles. The van der Waals surface area contributed by atoms with Crippen molar-refractivity contribution in [1.82, 2.24) is 4.98 Å². The van der Waals surface area contributed by atoms with Crippen molar-refractivity contribution in [3.05, 3.63) is 53.6 Å². The quantitative estimate of drug-likeness (QED) is 0.511. The van der Waals surface area contributed by atoms with Crippen molar-refractivity contribution in [2.24, 2.45) is 0 Å². The summed E-state index contributed by atoms with van der Waals surface area (Å²) >= 11 is 1.32. The third-order valence-corrected chi connectivity index (χ3v) is 4.62. The molecule has 0 aliphatic rings. The molecule has 0 spiro atoms. The number of amides is 1. The average Bonchev–Trinajstić information content (AvgIpc) is 3.08. The third kappa shape index (κ3) is 4.43. The Kier molecular flexibility index (Phi) is 5.69. The Morgan fingerprint density at radius 1 is 1.26 bits per heavy atom. The summed E-state index contributed by atoms with van der Waals surface area (Å²) in [6, 6.07) is 14.6. The molecule has 0 aliphatic heterocycles. The molecule has 0 radical (unpaired) electrons. The van der Waals surface area contributed by atoms with E-state index in [1.807, 2.05) is 25.1 Å². The van der Waals surface area contributed by atoms with Gasteiger partial charge >= 0.3 is 0 Å². The van der Waals surface area contributed by atoms with Gasteiger partial charge in [-0.15, -0.1) is 0 Å². The van der Waals surface area contributed by atoms with Gasteiger partial charge in [0.25, 0.3) is 5.91 Å². The lowest BCUT2D eigenvalue weighted by molar-refractivity contribution is -0.112. The van der Waals surface area contributed by atoms with Crippen LogP contribution in [0.5, 0.6) is 11.5 Å². The Hall–Kier alpha value is -3.37. The van der Waals surface area contributed by atoms with Crippen LogP contribution < -0.4 is 14.8 Å². The van der Waals surface area contributed by atoms with Gasteiger partial charge in [0, 0.05) is 0 Å². The van der Waals surface area contributed by atoms with Crippen molar-refractivity contribution < 1.29 is 14.3 Å². The minimum Gasteiger partial charge on any atom is -0.497 e. The number of nitrogens with zero attached hydrogens (tertiary/aromatic N) is 2.